The van der Waals surface area contributed by atoms with Crippen molar-refractivity contribution in [1.82, 2.24) is 24.1 Å². The van der Waals surface area contributed by atoms with Crippen LogP contribution >= 0.6 is 12.1 Å². The zero-order valence-corrected chi connectivity index (χ0v) is 33.1. The van der Waals surface area contributed by atoms with Gasteiger partial charge in [0.05, 0.1) is 29.5 Å². The molecular weight excluding hydrogens is 772 g/mol. The summed E-state index contributed by atoms with van der Waals surface area (Å²) in [7, 11) is 1.71. The van der Waals surface area contributed by atoms with Crippen molar-refractivity contribution in [3.63, 3.8) is 0 Å². The Bertz CT molecular complexity index is 2240. The maximum atomic E-state index is 15.3. The molecular formula is C42H48F3N7O5S. The predicted octanol–water partition coefficient (Wildman–Crippen LogP) is 6.87. The molecule has 3 aromatic carbocycles. The van der Waals surface area contributed by atoms with Gasteiger partial charge in [0.2, 0.25) is 17.6 Å². The van der Waals surface area contributed by atoms with Crippen LogP contribution in [-0.2, 0) is 9.59 Å². The van der Waals surface area contributed by atoms with E-state index in [1.165, 1.54) is 24.3 Å². The van der Waals surface area contributed by atoms with Crippen LogP contribution in [0.15, 0.2) is 59.7 Å². The number of likely N-dealkylation sites (N-methyl/N-ethyl adjacent to an activating group) is 1. The van der Waals surface area contributed by atoms with Gasteiger partial charge in [0.15, 0.2) is 11.6 Å². The number of aliphatic hydroxyl groups excluding tert-OH is 1. The highest BCUT2D eigenvalue weighted by Gasteiger charge is 2.47. The van der Waals surface area contributed by atoms with Crippen molar-refractivity contribution in [2.45, 2.75) is 88.3 Å². The summed E-state index contributed by atoms with van der Waals surface area (Å²) in [4.78, 5) is 44.5. The molecule has 1 spiro atoms. The number of amides is 2. The van der Waals surface area contributed by atoms with Gasteiger partial charge in [-0.15, -0.1) is 0 Å². The molecule has 2 aliphatic heterocycles. The molecule has 0 radical (unpaired) electrons. The Morgan fingerprint density at radius 1 is 0.966 bits per heavy atom. The van der Waals surface area contributed by atoms with Crippen molar-refractivity contribution in [2.24, 2.45) is 5.41 Å². The van der Waals surface area contributed by atoms with Crippen LogP contribution in [0.1, 0.15) is 81.7 Å². The number of carbonyl (C=O) groups is 2. The van der Waals surface area contributed by atoms with E-state index in [0.29, 0.717) is 41.2 Å². The molecule has 1 aromatic heterocycles. The Balaban J connectivity index is 0.839. The van der Waals surface area contributed by atoms with E-state index in [4.69, 9.17) is 9.84 Å². The SMILES string of the molecule is CN(CCO)SNc1ccc(F)c(Oc2ccc3ncn(C4CC5(CCN(C6CCC(c7ccc(NC8CCC(=O)NC8=O)cc7F)CC6)CC5)C4)c(=O)c3c2)c1F. The maximum absolute atomic E-state index is 15.3. The molecule has 2 saturated carbocycles. The Hall–Kier alpha value is -4.64. The maximum Gasteiger partial charge on any atom is 0.261 e. The van der Waals surface area contributed by atoms with Crippen LogP contribution in [0.25, 0.3) is 10.9 Å². The first kappa shape index (κ1) is 40.2. The van der Waals surface area contributed by atoms with Crippen molar-refractivity contribution < 1.29 is 32.6 Å². The fourth-order valence-corrected chi connectivity index (χ4v) is 9.80. The van der Waals surface area contributed by atoms with E-state index in [1.54, 1.807) is 28.3 Å². The molecule has 16 heteroatoms. The molecule has 0 bridgehead atoms. The molecule has 12 nitrogen and oxygen atoms in total. The second-order valence-electron chi connectivity index (χ2n) is 16.2. The van der Waals surface area contributed by atoms with E-state index < -0.39 is 23.4 Å². The number of likely N-dealkylation sites (tertiary alicyclic amines) is 1. The van der Waals surface area contributed by atoms with E-state index in [-0.39, 0.29) is 65.0 Å². The van der Waals surface area contributed by atoms with E-state index in [2.05, 4.69) is 25.2 Å². The summed E-state index contributed by atoms with van der Waals surface area (Å²) in [6, 6.07) is 12.0. The average Bonchev–Trinajstić information content (AvgIpc) is 3.20. The van der Waals surface area contributed by atoms with Crippen molar-refractivity contribution in [3.05, 3.63) is 88.2 Å². The van der Waals surface area contributed by atoms with Gasteiger partial charge in [-0.3, -0.25) is 24.3 Å². The van der Waals surface area contributed by atoms with Gasteiger partial charge in [-0.25, -0.2) is 22.5 Å². The summed E-state index contributed by atoms with van der Waals surface area (Å²) in [5.41, 5.74) is 1.67. The standard InChI is InChI=1S/C42H48F3N7O5S/c1-50(18-19-53)58-49-35-11-9-32(43)39(38(35)45)57-29-7-10-34-31(21-29)41(56)52(24-46-34)28-22-42(23-28)14-16-51(17-15-42)27-5-2-25(3-6-27)30-8-4-26(20-33(30)44)47-36-12-13-37(54)48-40(36)55/h4,7-11,20-21,24-25,27-28,36,47,49,53H,2-3,5-6,12-19,22-23H2,1H3,(H,48,54,55). The largest absolute Gasteiger partial charge is 0.451 e. The first-order valence-corrected chi connectivity index (χ1v) is 20.8. The number of aromatic nitrogens is 2. The summed E-state index contributed by atoms with van der Waals surface area (Å²) in [5.74, 6) is -3.09. The van der Waals surface area contributed by atoms with Crippen LogP contribution < -0.4 is 25.7 Å². The third-order valence-electron chi connectivity index (χ3n) is 12.6. The van der Waals surface area contributed by atoms with Gasteiger partial charge in [-0.2, -0.15) is 0 Å². The lowest BCUT2D eigenvalue weighted by molar-refractivity contribution is -0.133. The molecule has 308 valence electrons. The highest BCUT2D eigenvalue weighted by atomic mass is 32.2. The summed E-state index contributed by atoms with van der Waals surface area (Å²) < 4.78 is 57.3. The molecule has 4 aromatic rings. The molecule has 58 heavy (non-hydrogen) atoms. The zero-order valence-electron chi connectivity index (χ0n) is 32.3. The van der Waals surface area contributed by atoms with Gasteiger partial charge in [0.25, 0.3) is 5.56 Å². The zero-order chi connectivity index (χ0) is 40.6. The Kier molecular flexibility index (Phi) is 11.7. The number of hydrogen-bond donors (Lipinski definition) is 4. The van der Waals surface area contributed by atoms with Crippen LogP contribution in [0.2, 0.25) is 0 Å². The number of ether oxygens (including phenoxy) is 1. The number of nitrogens with one attached hydrogen (secondary N) is 3. The second-order valence-corrected chi connectivity index (χ2v) is 17.2. The number of rotatable bonds is 12. The van der Waals surface area contributed by atoms with Gasteiger partial charge in [-0.05, 0) is 137 Å². The Morgan fingerprint density at radius 3 is 2.47 bits per heavy atom. The lowest BCUT2D eigenvalue weighted by atomic mass is 9.60. The third kappa shape index (κ3) is 8.42. The molecule has 2 aliphatic carbocycles. The van der Waals surface area contributed by atoms with Crippen molar-refractivity contribution in [2.75, 3.05) is 43.3 Å². The molecule has 4 fully saturated rings. The number of carbonyl (C=O) groups excluding carboxylic acids is 2. The number of anilines is 2. The molecule has 4 N–H and O–H groups in total. The number of halogens is 3. The van der Waals surface area contributed by atoms with E-state index in [0.717, 1.165) is 82.7 Å². The minimum absolute atomic E-state index is 0.00657. The summed E-state index contributed by atoms with van der Waals surface area (Å²) in [6.07, 6.45) is 9.93. The molecule has 2 saturated heterocycles. The van der Waals surface area contributed by atoms with Crippen LogP contribution in [0, 0.1) is 22.9 Å². The number of nitrogens with zero attached hydrogens (tertiary/aromatic N) is 4. The molecule has 4 aliphatic rings. The van der Waals surface area contributed by atoms with Gasteiger partial charge >= 0.3 is 0 Å². The number of hydrogen-bond acceptors (Lipinski definition) is 11. The minimum Gasteiger partial charge on any atom is -0.451 e. The summed E-state index contributed by atoms with van der Waals surface area (Å²) in [6.45, 7) is 2.25. The third-order valence-corrected chi connectivity index (χ3v) is 13.4. The van der Waals surface area contributed by atoms with Crippen LogP contribution in [0.5, 0.6) is 11.5 Å². The first-order valence-electron chi connectivity index (χ1n) is 20.0. The summed E-state index contributed by atoms with van der Waals surface area (Å²) >= 11 is 1.05. The average molecular weight is 820 g/mol. The fourth-order valence-electron chi connectivity index (χ4n) is 9.22. The monoisotopic (exact) mass is 819 g/mol. The predicted molar refractivity (Wildman–Crippen MR) is 216 cm³/mol. The smallest absolute Gasteiger partial charge is 0.261 e. The lowest BCUT2D eigenvalue weighted by Gasteiger charge is -2.54. The highest BCUT2D eigenvalue weighted by Crippen LogP contribution is 2.55. The second kappa shape index (κ2) is 16.9. The molecule has 1 atom stereocenters. The van der Waals surface area contributed by atoms with Crippen molar-refractivity contribution in [1.29, 1.82) is 0 Å². The first-order chi connectivity index (χ1) is 28.0. The summed E-state index contributed by atoms with van der Waals surface area (Å²) in [5, 5.41) is 14.8. The molecule has 8 rings (SSSR count). The molecule has 3 heterocycles. The minimum atomic E-state index is -0.923. The fraction of sp³-hybridized carbons (Fsp3) is 0.476. The number of benzene rings is 3. The number of piperidine rings is 2. The Labute approximate surface area is 338 Å². The molecule has 1 unspecified atom stereocenters. The van der Waals surface area contributed by atoms with Crippen molar-refractivity contribution in [3.8, 4) is 11.5 Å². The number of fused-ring (bicyclic) bond motifs is 1. The Morgan fingerprint density at radius 2 is 1.74 bits per heavy atom. The van der Waals surface area contributed by atoms with Gasteiger partial charge in [0, 0.05) is 42.9 Å². The van der Waals surface area contributed by atoms with Crippen LogP contribution in [-0.4, -0.2) is 81.0 Å². The lowest BCUT2D eigenvalue weighted by Crippen LogP contribution is -2.51. The van der Waals surface area contributed by atoms with E-state index in [1.807, 2.05) is 12.1 Å². The quantitative estimate of drug-likeness (QED) is 0.0880. The highest BCUT2D eigenvalue weighted by molar-refractivity contribution is 7.98. The van der Waals surface area contributed by atoms with Crippen molar-refractivity contribution >= 4 is 46.2 Å². The normalized spacial score (nSPS) is 22.6. The number of aliphatic hydroxyl groups is 1. The number of imide groups is 1. The van der Waals surface area contributed by atoms with Crippen LogP contribution in [0.3, 0.4) is 0 Å². The topological polar surface area (TPSA) is 141 Å². The van der Waals surface area contributed by atoms with Gasteiger partial charge in [0.1, 0.15) is 17.6 Å². The van der Waals surface area contributed by atoms with Gasteiger partial charge < -0.3 is 24.8 Å². The van der Waals surface area contributed by atoms with E-state index >= 15 is 8.78 Å². The van der Waals surface area contributed by atoms with Crippen LogP contribution in [0.4, 0.5) is 24.5 Å². The van der Waals surface area contributed by atoms with Gasteiger partial charge in [-0.1, -0.05) is 6.07 Å². The molecule has 2 amide bonds. The van der Waals surface area contributed by atoms with E-state index in [9.17, 15) is 18.8 Å².